The lowest BCUT2D eigenvalue weighted by Gasteiger charge is -2.26. The number of rotatable bonds is 5. The predicted molar refractivity (Wildman–Crippen MR) is 113 cm³/mol. The number of cyclic esters (lactones) is 1. The van der Waals surface area contributed by atoms with Crippen molar-refractivity contribution in [2.75, 3.05) is 6.61 Å². The van der Waals surface area contributed by atoms with E-state index in [1.807, 2.05) is 79.7 Å². The number of hydrogen-bond acceptors (Lipinski definition) is 4. The van der Waals surface area contributed by atoms with Crippen molar-refractivity contribution in [1.29, 1.82) is 0 Å². The minimum atomic E-state index is -1.08. The van der Waals surface area contributed by atoms with E-state index >= 15 is 0 Å². The van der Waals surface area contributed by atoms with Crippen molar-refractivity contribution in [3.63, 3.8) is 0 Å². The third-order valence-corrected chi connectivity index (χ3v) is 5.50. The van der Waals surface area contributed by atoms with Crippen LogP contribution in [0.3, 0.4) is 0 Å². The third kappa shape index (κ3) is 3.58. The van der Waals surface area contributed by atoms with Crippen molar-refractivity contribution in [1.82, 2.24) is 4.90 Å². The number of imide groups is 1. The van der Waals surface area contributed by atoms with Crippen LogP contribution in [0.5, 0.6) is 0 Å². The van der Waals surface area contributed by atoms with Gasteiger partial charge in [-0.25, -0.2) is 9.69 Å². The van der Waals surface area contributed by atoms with Crippen molar-refractivity contribution < 1.29 is 14.3 Å². The fourth-order valence-corrected chi connectivity index (χ4v) is 3.82. The highest BCUT2D eigenvalue weighted by molar-refractivity contribution is 5.97. The van der Waals surface area contributed by atoms with E-state index in [0.29, 0.717) is 0 Å². The van der Waals surface area contributed by atoms with Gasteiger partial charge in [-0.05, 0) is 33.3 Å². The Morgan fingerprint density at radius 1 is 1.10 bits per heavy atom. The van der Waals surface area contributed by atoms with Gasteiger partial charge in [0.15, 0.2) is 0 Å². The Balaban J connectivity index is 1.67. The quantitative estimate of drug-likeness (QED) is 0.328. The van der Waals surface area contributed by atoms with Crippen LogP contribution in [0.25, 0.3) is 21.2 Å². The average molecular weight is 400 g/mol. The smallest absolute Gasteiger partial charge is 0.417 e. The number of ether oxygens (including phenoxy) is 1. The maximum absolute atomic E-state index is 13.4. The Morgan fingerprint density at radius 3 is 2.53 bits per heavy atom. The molecule has 1 saturated heterocycles. The molecule has 0 unspecified atom stereocenters. The van der Waals surface area contributed by atoms with Crippen molar-refractivity contribution >= 4 is 22.8 Å². The summed E-state index contributed by atoms with van der Waals surface area (Å²) in [7, 11) is 0. The fraction of sp³-hybridized carbons (Fsp3) is 0.217. The Hall–Kier alpha value is -3.83. The largest absolute Gasteiger partial charge is 0.446 e. The number of carbonyl (C=O) groups excluding carboxylic acids is 2. The van der Waals surface area contributed by atoms with E-state index in [2.05, 4.69) is 10.0 Å². The van der Waals surface area contributed by atoms with Gasteiger partial charge >= 0.3 is 6.09 Å². The second kappa shape index (κ2) is 8.27. The van der Waals surface area contributed by atoms with E-state index in [1.54, 1.807) is 0 Å². The molecule has 1 fully saturated rings. The SMILES string of the molecule is C[C@@H](c1ccc2ccccc2c1)[C@@H](N=[N+]=[N-])C(=O)N1C(=O)OC[C@H]1c1ccccc1. The van der Waals surface area contributed by atoms with Crippen molar-refractivity contribution in [2.45, 2.75) is 24.9 Å². The highest BCUT2D eigenvalue weighted by Gasteiger charge is 2.43. The molecule has 0 aliphatic carbocycles. The molecular formula is C23H20N4O3. The second-order valence-corrected chi connectivity index (χ2v) is 7.26. The van der Waals surface area contributed by atoms with Crippen LogP contribution in [0.2, 0.25) is 0 Å². The first-order valence-corrected chi connectivity index (χ1v) is 9.68. The molecule has 1 aliphatic rings. The lowest BCUT2D eigenvalue weighted by Crippen LogP contribution is -2.42. The number of amides is 2. The molecular weight excluding hydrogens is 380 g/mol. The lowest BCUT2D eigenvalue weighted by atomic mass is 9.91. The molecule has 3 aromatic carbocycles. The maximum Gasteiger partial charge on any atom is 0.417 e. The number of carbonyl (C=O) groups is 2. The first kappa shape index (κ1) is 19.5. The van der Waals surface area contributed by atoms with Crippen LogP contribution >= 0.6 is 0 Å². The van der Waals surface area contributed by atoms with Crippen LogP contribution in [0.4, 0.5) is 4.79 Å². The second-order valence-electron chi connectivity index (χ2n) is 7.26. The molecule has 0 N–H and O–H groups in total. The minimum absolute atomic E-state index is 0.0714. The molecule has 7 nitrogen and oxygen atoms in total. The molecule has 1 heterocycles. The summed E-state index contributed by atoms with van der Waals surface area (Å²) in [6, 6.07) is 21.3. The van der Waals surface area contributed by atoms with Gasteiger partial charge in [-0.1, -0.05) is 84.8 Å². The Bertz CT molecular complexity index is 1140. The van der Waals surface area contributed by atoms with Gasteiger partial charge in [0.05, 0.1) is 0 Å². The third-order valence-electron chi connectivity index (χ3n) is 5.50. The molecule has 4 rings (SSSR count). The van der Waals surface area contributed by atoms with Crippen LogP contribution in [0.1, 0.15) is 30.0 Å². The molecule has 0 saturated carbocycles. The van der Waals surface area contributed by atoms with Crippen molar-refractivity contribution in [3.8, 4) is 0 Å². The van der Waals surface area contributed by atoms with Gasteiger partial charge in [-0.3, -0.25) is 4.79 Å². The summed E-state index contributed by atoms with van der Waals surface area (Å²) >= 11 is 0. The number of benzene rings is 3. The van der Waals surface area contributed by atoms with Crippen LogP contribution in [0.15, 0.2) is 77.9 Å². The van der Waals surface area contributed by atoms with Gasteiger partial charge in [0.2, 0.25) is 5.91 Å². The van der Waals surface area contributed by atoms with E-state index < -0.39 is 30.0 Å². The summed E-state index contributed by atoms with van der Waals surface area (Å²) in [6.07, 6.45) is -0.724. The van der Waals surface area contributed by atoms with Gasteiger partial charge in [0.1, 0.15) is 18.7 Å². The zero-order valence-electron chi connectivity index (χ0n) is 16.4. The Morgan fingerprint density at radius 2 is 1.80 bits per heavy atom. The monoisotopic (exact) mass is 400 g/mol. The van der Waals surface area contributed by atoms with Gasteiger partial charge in [-0.2, -0.15) is 0 Å². The Labute approximate surface area is 173 Å². The Kier molecular flexibility index (Phi) is 5.37. The van der Waals surface area contributed by atoms with E-state index in [4.69, 9.17) is 10.3 Å². The normalized spacial score (nSPS) is 17.8. The van der Waals surface area contributed by atoms with Gasteiger partial charge in [-0.15, -0.1) is 0 Å². The minimum Gasteiger partial charge on any atom is -0.446 e. The van der Waals surface area contributed by atoms with E-state index in [9.17, 15) is 9.59 Å². The number of fused-ring (bicyclic) bond motifs is 1. The number of nitrogens with zero attached hydrogens (tertiary/aromatic N) is 4. The molecule has 0 bridgehead atoms. The van der Waals surface area contributed by atoms with Gasteiger partial charge < -0.3 is 4.74 Å². The summed E-state index contributed by atoms with van der Waals surface area (Å²) in [5.74, 6) is -0.993. The molecule has 150 valence electrons. The molecule has 0 radical (unpaired) electrons. The van der Waals surface area contributed by atoms with E-state index in [1.165, 1.54) is 0 Å². The van der Waals surface area contributed by atoms with Gasteiger partial charge in [0, 0.05) is 4.91 Å². The maximum atomic E-state index is 13.4. The van der Waals surface area contributed by atoms with Crippen LogP contribution in [-0.2, 0) is 9.53 Å². The fourth-order valence-electron chi connectivity index (χ4n) is 3.82. The highest BCUT2D eigenvalue weighted by Crippen LogP contribution is 2.32. The zero-order chi connectivity index (χ0) is 21.1. The molecule has 0 aromatic heterocycles. The molecule has 1 aliphatic heterocycles. The summed E-state index contributed by atoms with van der Waals surface area (Å²) in [6.45, 7) is 1.89. The number of azide groups is 1. The summed E-state index contributed by atoms with van der Waals surface area (Å²) in [5, 5.41) is 5.87. The van der Waals surface area contributed by atoms with Crippen LogP contribution in [0, 0.1) is 0 Å². The molecule has 30 heavy (non-hydrogen) atoms. The molecule has 0 spiro atoms. The standard InChI is InChI=1S/C23H20N4O3/c1-15(18-12-11-16-7-5-6-10-19(16)13-18)21(25-26-24)22(28)27-20(14-30-23(27)29)17-8-3-2-4-9-17/h2-13,15,20-21H,14H2,1H3/t15-,20-,21+/m0/s1. The van der Waals surface area contributed by atoms with E-state index in [0.717, 1.165) is 26.8 Å². The zero-order valence-corrected chi connectivity index (χ0v) is 16.4. The van der Waals surface area contributed by atoms with Crippen molar-refractivity contribution in [3.05, 3.63) is 94.4 Å². The van der Waals surface area contributed by atoms with E-state index in [-0.39, 0.29) is 6.61 Å². The first-order chi connectivity index (χ1) is 14.6. The molecule has 2 amide bonds. The summed E-state index contributed by atoms with van der Waals surface area (Å²) in [5.41, 5.74) is 10.8. The predicted octanol–water partition coefficient (Wildman–Crippen LogP) is 5.34. The lowest BCUT2D eigenvalue weighted by molar-refractivity contribution is -0.131. The van der Waals surface area contributed by atoms with Gasteiger partial charge in [0.25, 0.3) is 0 Å². The topological polar surface area (TPSA) is 95.4 Å². The number of hydrogen-bond donors (Lipinski definition) is 0. The van der Waals surface area contributed by atoms with Crippen LogP contribution in [-0.4, -0.2) is 29.5 Å². The first-order valence-electron chi connectivity index (χ1n) is 9.68. The highest BCUT2D eigenvalue weighted by atomic mass is 16.6. The van der Waals surface area contributed by atoms with Crippen LogP contribution < -0.4 is 0 Å². The molecule has 3 aromatic rings. The van der Waals surface area contributed by atoms with Crippen molar-refractivity contribution in [2.24, 2.45) is 5.11 Å². The molecule has 3 atom stereocenters. The summed E-state index contributed by atoms with van der Waals surface area (Å²) < 4.78 is 5.16. The molecule has 7 heteroatoms. The summed E-state index contributed by atoms with van der Waals surface area (Å²) in [4.78, 5) is 29.7. The average Bonchev–Trinajstić information content (AvgIpc) is 3.18.